The molecule has 2 aromatic rings. The van der Waals surface area contributed by atoms with Crippen molar-refractivity contribution in [3.63, 3.8) is 0 Å². The van der Waals surface area contributed by atoms with Crippen molar-refractivity contribution < 1.29 is 0 Å². The molecule has 0 saturated heterocycles. The Hall–Kier alpha value is -3.62. The van der Waals surface area contributed by atoms with E-state index in [0.29, 0.717) is 11.1 Å². The van der Waals surface area contributed by atoms with Gasteiger partial charge in [0.2, 0.25) is 0 Å². The fourth-order valence-corrected chi connectivity index (χ4v) is 3.11. The van der Waals surface area contributed by atoms with E-state index >= 15 is 0 Å². The Morgan fingerprint density at radius 3 is 1.54 bits per heavy atom. The monoisotopic (exact) mass is 364 g/mol. The molecule has 0 aromatic heterocycles. The summed E-state index contributed by atoms with van der Waals surface area (Å²) in [7, 11) is 0. The smallest absolute Gasteiger partial charge is 0.0994 e. The van der Waals surface area contributed by atoms with Gasteiger partial charge in [0.1, 0.15) is 0 Å². The molecule has 0 aliphatic rings. The van der Waals surface area contributed by atoms with Crippen LogP contribution in [0.15, 0.2) is 85.0 Å². The Morgan fingerprint density at radius 2 is 1.21 bits per heavy atom. The molecule has 2 heteroatoms. The molecule has 0 bridgehead atoms. The van der Waals surface area contributed by atoms with Crippen LogP contribution in [-0.4, -0.2) is 0 Å². The Bertz CT molecular complexity index is 967. The van der Waals surface area contributed by atoms with E-state index in [1.807, 2.05) is 38.1 Å². The molecule has 0 spiro atoms. The fourth-order valence-electron chi connectivity index (χ4n) is 3.11. The predicted molar refractivity (Wildman–Crippen MR) is 117 cm³/mol. The van der Waals surface area contributed by atoms with Crippen LogP contribution in [0.2, 0.25) is 0 Å². The number of rotatable bonds is 6. The Labute approximate surface area is 168 Å². The summed E-state index contributed by atoms with van der Waals surface area (Å²) in [6.45, 7) is 14.0. The van der Waals surface area contributed by atoms with Gasteiger partial charge in [-0.1, -0.05) is 80.8 Å². The molecular formula is C26H24N2. The quantitative estimate of drug-likeness (QED) is 0.418. The van der Waals surface area contributed by atoms with Crippen LogP contribution in [0.5, 0.6) is 0 Å². The topological polar surface area (TPSA) is 47.6 Å². The van der Waals surface area contributed by atoms with Crippen LogP contribution in [0.4, 0.5) is 0 Å². The summed E-state index contributed by atoms with van der Waals surface area (Å²) < 4.78 is 0. The first kappa shape index (κ1) is 20.7. The van der Waals surface area contributed by atoms with Crippen LogP contribution < -0.4 is 0 Å². The molecule has 0 atom stereocenters. The van der Waals surface area contributed by atoms with Crippen LogP contribution in [0.3, 0.4) is 0 Å². The zero-order valence-corrected chi connectivity index (χ0v) is 16.7. The first-order valence-corrected chi connectivity index (χ1v) is 9.18. The normalized spacial score (nSPS) is 11.6. The Balaban J connectivity index is 2.39. The molecule has 0 N–H and O–H groups in total. The Morgan fingerprint density at radius 1 is 0.821 bits per heavy atom. The number of hydrogen-bond donors (Lipinski definition) is 0. The average Bonchev–Trinajstić information content (AvgIpc) is 2.75. The zero-order valence-electron chi connectivity index (χ0n) is 16.7. The maximum atomic E-state index is 9.27. The van der Waals surface area contributed by atoms with Crippen molar-refractivity contribution >= 4 is 11.1 Å². The van der Waals surface area contributed by atoms with E-state index in [4.69, 9.17) is 0 Å². The van der Waals surface area contributed by atoms with E-state index in [0.717, 1.165) is 33.4 Å². The number of benzene rings is 2. The molecule has 0 aliphatic carbocycles. The summed E-state index contributed by atoms with van der Waals surface area (Å²) in [5.41, 5.74) is 6.79. The molecule has 0 amide bonds. The van der Waals surface area contributed by atoms with E-state index in [1.54, 1.807) is 12.2 Å². The van der Waals surface area contributed by atoms with Gasteiger partial charge in [0.15, 0.2) is 0 Å². The maximum Gasteiger partial charge on any atom is 0.0994 e. The third-order valence-corrected chi connectivity index (χ3v) is 4.94. The molecule has 28 heavy (non-hydrogen) atoms. The maximum absolute atomic E-state index is 9.27. The molecule has 0 fully saturated rings. The summed E-state index contributed by atoms with van der Waals surface area (Å²) in [5.74, 6) is 0.146. The van der Waals surface area contributed by atoms with Crippen LogP contribution in [0.25, 0.3) is 11.1 Å². The highest BCUT2D eigenvalue weighted by atomic mass is 14.3. The van der Waals surface area contributed by atoms with Crippen molar-refractivity contribution in [1.82, 2.24) is 0 Å². The molecular weight excluding hydrogens is 340 g/mol. The number of nitrogens with zero attached hydrogens (tertiary/aromatic N) is 2. The van der Waals surface area contributed by atoms with Crippen LogP contribution in [-0.2, 0) is 0 Å². The van der Waals surface area contributed by atoms with Crippen LogP contribution >= 0.6 is 0 Å². The fraction of sp³-hybridized carbons (Fsp3) is 0.154. The van der Waals surface area contributed by atoms with Gasteiger partial charge in [-0.25, -0.2) is 0 Å². The summed E-state index contributed by atoms with van der Waals surface area (Å²) in [5, 5.41) is 18.5. The highest BCUT2D eigenvalue weighted by Crippen LogP contribution is 2.30. The molecule has 2 rings (SSSR count). The molecule has 0 saturated carbocycles. The van der Waals surface area contributed by atoms with Gasteiger partial charge in [0.05, 0.1) is 23.3 Å². The number of allylic oxidation sites excluding steroid dienone is 6. The molecule has 0 aliphatic heterocycles. The lowest BCUT2D eigenvalue weighted by atomic mass is 9.88. The van der Waals surface area contributed by atoms with Crippen molar-refractivity contribution in [3.05, 3.63) is 107 Å². The van der Waals surface area contributed by atoms with Crippen molar-refractivity contribution in [3.8, 4) is 12.1 Å². The van der Waals surface area contributed by atoms with Crippen LogP contribution in [0.1, 0.15) is 48.9 Å². The summed E-state index contributed by atoms with van der Waals surface area (Å²) in [6.07, 6.45) is 3.56. The van der Waals surface area contributed by atoms with Gasteiger partial charge in [-0.15, -0.1) is 0 Å². The third kappa shape index (κ3) is 4.37. The molecule has 0 heterocycles. The van der Waals surface area contributed by atoms with E-state index in [2.05, 4.69) is 56.5 Å². The molecule has 0 unspecified atom stereocenters. The minimum atomic E-state index is 0.146. The average molecular weight is 364 g/mol. The van der Waals surface area contributed by atoms with E-state index in [-0.39, 0.29) is 5.92 Å². The van der Waals surface area contributed by atoms with Crippen molar-refractivity contribution in [1.29, 1.82) is 10.5 Å². The lowest BCUT2D eigenvalue weighted by molar-refractivity contribution is 0.921. The zero-order chi connectivity index (χ0) is 20.7. The highest BCUT2D eigenvalue weighted by Gasteiger charge is 2.13. The van der Waals surface area contributed by atoms with Gasteiger partial charge in [0.25, 0.3) is 0 Å². The molecule has 2 aromatic carbocycles. The number of nitriles is 2. The summed E-state index contributed by atoms with van der Waals surface area (Å²) in [4.78, 5) is 0. The van der Waals surface area contributed by atoms with Gasteiger partial charge in [-0.3, -0.25) is 0 Å². The van der Waals surface area contributed by atoms with Crippen LogP contribution in [0, 0.1) is 22.7 Å². The lowest BCUT2D eigenvalue weighted by Gasteiger charge is -2.16. The second-order valence-electron chi connectivity index (χ2n) is 6.56. The summed E-state index contributed by atoms with van der Waals surface area (Å²) >= 11 is 0. The second kappa shape index (κ2) is 9.36. The molecule has 0 radical (unpaired) electrons. The van der Waals surface area contributed by atoms with E-state index < -0.39 is 0 Å². The van der Waals surface area contributed by atoms with Gasteiger partial charge in [-0.2, -0.15) is 10.5 Å². The minimum Gasteiger partial charge on any atom is -0.192 e. The minimum absolute atomic E-state index is 0.146. The predicted octanol–water partition coefficient (Wildman–Crippen LogP) is 6.80. The van der Waals surface area contributed by atoms with Gasteiger partial charge < -0.3 is 0 Å². The SMILES string of the molecule is C=C(/C(C#N)=C\C)c1cccc(C(C)c2cccc(C(=C)/C(C#N)=C\C)c2)c1. The van der Waals surface area contributed by atoms with Crippen molar-refractivity contribution in [2.45, 2.75) is 26.7 Å². The van der Waals surface area contributed by atoms with Crippen molar-refractivity contribution in [2.75, 3.05) is 0 Å². The molecule has 138 valence electrons. The third-order valence-electron chi connectivity index (χ3n) is 4.94. The lowest BCUT2D eigenvalue weighted by Crippen LogP contribution is -1.99. The Kier molecular flexibility index (Phi) is 6.91. The van der Waals surface area contributed by atoms with E-state index in [1.165, 1.54) is 0 Å². The van der Waals surface area contributed by atoms with Gasteiger partial charge in [-0.05, 0) is 47.2 Å². The van der Waals surface area contributed by atoms with Gasteiger partial charge in [0, 0.05) is 5.92 Å². The second-order valence-corrected chi connectivity index (χ2v) is 6.56. The number of hydrogen-bond acceptors (Lipinski definition) is 2. The highest BCUT2D eigenvalue weighted by molar-refractivity contribution is 5.82. The summed E-state index contributed by atoms with van der Waals surface area (Å²) in [6, 6.07) is 20.7. The first-order valence-electron chi connectivity index (χ1n) is 9.18. The van der Waals surface area contributed by atoms with Crippen molar-refractivity contribution in [2.24, 2.45) is 0 Å². The first-order chi connectivity index (χ1) is 13.5. The van der Waals surface area contributed by atoms with Gasteiger partial charge >= 0.3 is 0 Å². The van der Waals surface area contributed by atoms with E-state index in [9.17, 15) is 10.5 Å². The molecule has 2 nitrogen and oxygen atoms in total. The largest absolute Gasteiger partial charge is 0.192 e. The standard InChI is InChI=1S/C26H24N2/c1-6-21(16-27)18(3)23-10-8-12-25(14-23)20(5)26-13-9-11-24(15-26)19(4)22(7-2)17-28/h6-15,20H,3-4H2,1-2,5H3/b21-6-,22-7-.